The topological polar surface area (TPSA) is 110 Å². The van der Waals surface area contributed by atoms with Gasteiger partial charge in [0.2, 0.25) is 5.95 Å². The molecule has 1 fully saturated rings. The van der Waals surface area contributed by atoms with E-state index in [0.29, 0.717) is 57.9 Å². The first kappa shape index (κ1) is 29.3. The van der Waals surface area contributed by atoms with Crippen molar-refractivity contribution >= 4 is 40.8 Å². The number of aliphatic imine (C=N–C) groups is 1. The molecule has 9 nitrogen and oxygen atoms in total. The number of anilines is 2. The van der Waals surface area contributed by atoms with Crippen LogP contribution in [0.2, 0.25) is 5.02 Å². The Morgan fingerprint density at radius 1 is 1.02 bits per heavy atom. The van der Waals surface area contributed by atoms with E-state index in [0.717, 1.165) is 6.54 Å². The number of nitrogens with zero attached hydrogens (tertiary/aromatic N) is 5. The average molecular weight is 615 g/mol. The molecule has 3 N–H and O–H groups in total. The highest BCUT2D eigenvalue weighted by molar-refractivity contribution is 6.31. The van der Waals surface area contributed by atoms with E-state index in [1.165, 1.54) is 18.2 Å². The highest BCUT2D eigenvalue weighted by Crippen LogP contribution is 2.34. The van der Waals surface area contributed by atoms with Crippen molar-refractivity contribution in [2.75, 3.05) is 25.1 Å². The first-order valence-corrected chi connectivity index (χ1v) is 14.5. The number of nitrogens with one attached hydrogen (secondary N) is 3. The Morgan fingerprint density at radius 2 is 1.80 bits per heavy atom. The van der Waals surface area contributed by atoms with Gasteiger partial charge in [-0.25, -0.2) is 18.7 Å². The van der Waals surface area contributed by atoms with Crippen LogP contribution in [0.25, 0.3) is 11.3 Å². The number of fused-ring (bicyclic) bond motifs is 3. The lowest BCUT2D eigenvalue weighted by Gasteiger charge is -2.22. The minimum absolute atomic E-state index is 0.0567. The summed E-state index contributed by atoms with van der Waals surface area (Å²) in [6.45, 7) is 6.39. The van der Waals surface area contributed by atoms with Crippen LogP contribution in [-0.2, 0) is 6.54 Å². The van der Waals surface area contributed by atoms with E-state index < -0.39 is 17.5 Å². The highest BCUT2D eigenvalue weighted by atomic mass is 35.5. The van der Waals surface area contributed by atoms with Crippen molar-refractivity contribution < 1.29 is 13.6 Å². The van der Waals surface area contributed by atoms with E-state index in [9.17, 15) is 13.6 Å². The Kier molecular flexibility index (Phi) is 8.07. The molecule has 0 unspecified atom stereocenters. The second-order valence-corrected chi connectivity index (χ2v) is 11.3. The van der Waals surface area contributed by atoms with Gasteiger partial charge in [-0.3, -0.25) is 25.4 Å². The van der Waals surface area contributed by atoms with E-state index in [1.807, 2.05) is 4.90 Å². The van der Waals surface area contributed by atoms with Crippen molar-refractivity contribution in [2.45, 2.75) is 26.4 Å². The van der Waals surface area contributed by atoms with Gasteiger partial charge in [-0.1, -0.05) is 29.8 Å². The Bertz CT molecular complexity index is 1790. The number of hydrogen-bond donors (Lipinski definition) is 3. The zero-order valence-electron chi connectivity index (χ0n) is 24.0. The summed E-state index contributed by atoms with van der Waals surface area (Å²) in [5.74, 6) is -1.56. The van der Waals surface area contributed by atoms with Crippen LogP contribution >= 0.6 is 11.6 Å². The third-order valence-corrected chi connectivity index (χ3v) is 7.87. The molecule has 4 aromatic rings. The van der Waals surface area contributed by atoms with E-state index in [1.54, 1.807) is 48.7 Å². The molecule has 6 rings (SSSR count). The molecule has 2 aliphatic heterocycles. The molecule has 1 saturated heterocycles. The van der Waals surface area contributed by atoms with Crippen LogP contribution in [0.5, 0.6) is 0 Å². The Morgan fingerprint density at radius 3 is 2.55 bits per heavy atom. The molecule has 12 heteroatoms. The van der Waals surface area contributed by atoms with Gasteiger partial charge in [0.25, 0.3) is 5.91 Å². The Hall–Kier alpha value is -4.74. The van der Waals surface area contributed by atoms with E-state index in [2.05, 4.69) is 39.4 Å². The number of benzene rings is 3. The second kappa shape index (κ2) is 12.1. The number of halogens is 3. The number of aromatic nitrogens is 2. The summed E-state index contributed by atoms with van der Waals surface area (Å²) in [5.41, 5.74) is 3.06. The number of amides is 1. The molecule has 224 valence electrons. The maximum atomic E-state index is 14.8. The molecular formula is C32H29ClF2N8O. The predicted molar refractivity (Wildman–Crippen MR) is 167 cm³/mol. The number of rotatable bonds is 5. The van der Waals surface area contributed by atoms with E-state index in [-0.39, 0.29) is 29.7 Å². The summed E-state index contributed by atoms with van der Waals surface area (Å²) >= 11 is 6.32. The first-order valence-electron chi connectivity index (χ1n) is 14.1. The highest BCUT2D eigenvalue weighted by Gasteiger charge is 2.26. The summed E-state index contributed by atoms with van der Waals surface area (Å²) in [4.78, 5) is 30.8. The molecule has 44 heavy (non-hydrogen) atoms. The van der Waals surface area contributed by atoms with Gasteiger partial charge < -0.3 is 10.2 Å². The van der Waals surface area contributed by atoms with Crippen molar-refractivity contribution in [3.63, 3.8) is 0 Å². The minimum atomic E-state index is -0.730. The molecule has 1 aromatic heterocycles. The van der Waals surface area contributed by atoms with Gasteiger partial charge in [0, 0.05) is 58.3 Å². The van der Waals surface area contributed by atoms with Crippen LogP contribution in [0.15, 0.2) is 71.9 Å². The molecular weight excluding hydrogens is 586 g/mol. The summed E-state index contributed by atoms with van der Waals surface area (Å²) in [5, 5.41) is 14.6. The van der Waals surface area contributed by atoms with E-state index >= 15 is 0 Å². The third kappa shape index (κ3) is 5.88. The summed E-state index contributed by atoms with van der Waals surface area (Å²) < 4.78 is 29.7. The fourth-order valence-corrected chi connectivity index (χ4v) is 5.43. The Balaban J connectivity index is 1.25. The SMILES string of the molecule is CC(C)N1CCN(C(=N)NC(=O)c2cccc(Nc3ncc4c(n3)-c3ccc(Cl)cc3C(c3c(F)cccc3F)=NC4)c2)C1. The first-order chi connectivity index (χ1) is 21.2. The summed E-state index contributed by atoms with van der Waals surface area (Å²) in [6.07, 6.45) is 1.61. The molecule has 0 aliphatic carbocycles. The maximum absolute atomic E-state index is 14.8. The lowest BCUT2D eigenvalue weighted by atomic mass is 9.95. The van der Waals surface area contributed by atoms with E-state index in [4.69, 9.17) is 22.0 Å². The monoisotopic (exact) mass is 614 g/mol. The zero-order chi connectivity index (χ0) is 31.0. The molecule has 3 aromatic carbocycles. The molecule has 3 heterocycles. The van der Waals surface area contributed by atoms with Crippen LogP contribution < -0.4 is 10.6 Å². The van der Waals surface area contributed by atoms with Gasteiger partial charge in [-0.05, 0) is 56.3 Å². The van der Waals surface area contributed by atoms with Gasteiger partial charge in [-0.15, -0.1) is 0 Å². The fraction of sp³-hybridized carbons (Fsp3) is 0.219. The molecule has 0 spiro atoms. The minimum Gasteiger partial charge on any atom is -0.329 e. The van der Waals surface area contributed by atoms with Gasteiger partial charge >= 0.3 is 0 Å². The smallest absolute Gasteiger partial charge is 0.258 e. The van der Waals surface area contributed by atoms with Crippen molar-refractivity contribution in [1.29, 1.82) is 5.41 Å². The van der Waals surface area contributed by atoms with Crippen molar-refractivity contribution in [2.24, 2.45) is 4.99 Å². The number of hydrogen-bond acceptors (Lipinski definition) is 7. The number of guanidine groups is 1. The lowest BCUT2D eigenvalue weighted by molar-refractivity contribution is 0.0971. The molecule has 0 bridgehead atoms. The predicted octanol–water partition coefficient (Wildman–Crippen LogP) is 5.82. The number of carbonyl (C=O) groups excluding carboxylic acids is 1. The van der Waals surface area contributed by atoms with Gasteiger partial charge in [0.05, 0.1) is 30.2 Å². The third-order valence-electron chi connectivity index (χ3n) is 7.63. The van der Waals surface area contributed by atoms with Gasteiger partial charge in [-0.2, -0.15) is 0 Å². The summed E-state index contributed by atoms with van der Waals surface area (Å²) in [7, 11) is 0. The number of carbonyl (C=O) groups is 1. The molecule has 2 aliphatic rings. The average Bonchev–Trinajstić information content (AvgIpc) is 3.45. The second-order valence-electron chi connectivity index (χ2n) is 10.8. The zero-order valence-corrected chi connectivity index (χ0v) is 24.8. The van der Waals surface area contributed by atoms with Gasteiger partial charge in [0.15, 0.2) is 5.96 Å². The molecule has 0 saturated carbocycles. The molecule has 0 atom stereocenters. The normalized spacial score (nSPS) is 14.5. The Labute approximate surface area is 258 Å². The van der Waals surface area contributed by atoms with Crippen LogP contribution in [-0.4, -0.2) is 63.1 Å². The van der Waals surface area contributed by atoms with Gasteiger partial charge in [0.1, 0.15) is 11.6 Å². The lowest BCUT2D eigenvalue weighted by Crippen LogP contribution is -2.43. The summed E-state index contributed by atoms with van der Waals surface area (Å²) in [6, 6.07) is 15.9. The molecule has 0 radical (unpaired) electrons. The molecule has 1 amide bonds. The fourth-order valence-electron chi connectivity index (χ4n) is 5.26. The van der Waals surface area contributed by atoms with Crippen molar-refractivity contribution in [3.05, 3.63) is 106 Å². The van der Waals surface area contributed by atoms with Crippen molar-refractivity contribution in [1.82, 2.24) is 25.1 Å². The van der Waals surface area contributed by atoms with Crippen LogP contribution in [0, 0.1) is 17.0 Å². The van der Waals surface area contributed by atoms with Crippen LogP contribution in [0.1, 0.15) is 40.9 Å². The quantitative estimate of drug-likeness (QED) is 0.193. The van der Waals surface area contributed by atoms with Crippen LogP contribution in [0.3, 0.4) is 0 Å². The van der Waals surface area contributed by atoms with Crippen molar-refractivity contribution in [3.8, 4) is 11.3 Å². The maximum Gasteiger partial charge on any atom is 0.258 e. The standard InChI is InChI=1S/C32H29ClF2N8O/c1-18(2)42-11-12-43(17-42)31(36)41-30(44)19-5-3-6-22(13-19)39-32-38-16-20-15-37-29(27-25(34)7-4-8-26(27)35)24-14-21(33)9-10-23(24)28(20)40-32/h3-10,13-14,16,18H,11-12,15,17H2,1-2H3,(H2,36,41,44)(H,38,39,40). The largest absolute Gasteiger partial charge is 0.329 e. The van der Waals surface area contributed by atoms with Crippen LogP contribution in [0.4, 0.5) is 20.4 Å².